The number of carbonyl (C=O) groups excluding carboxylic acids is 1. The van der Waals surface area contributed by atoms with Gasteiger partial charge >= 0.3 is 0 Å². The van der Waals surface area contributed by atoms with Crippen LogP contribution in [0.5, 0.6) is 0 Å². The van der Waals surface area contributed by atoms with Gasteiger partial charge in [-0.2, -0.15) is 0 Å². The lowest BCUT2D eigenvalue weighted by Gasteiger charge is -2.09. The lowest BCUT2D eigenvalue weighted by atomic mass is 10.0. The van der Waals surface area contributed by atoms with Gasteiger partial charge in [0, 0.05) is 28.1 Å². The monoisotopic (exact) mass is 543 g/mol. The van der Waals surface area contributed by atoms with E-state index in [1.807, 2.05) is 28.1 Å². The van der Waals surface area contributed by atoms with Crippen LogP contribution in [0.4, 0.5) is 5.13 Å². The number of halogens is 2. The van der Waals surface area contributed by atoms with Crippen LogP contribution < -0.4 is 5.32 Å². The van der Waals surface area contributed by atoms with Crippen molar-refractivity contribution >= 4 is 57.3 Å². The number of allylic oxidation sites excluding steroid dienone is 1. The summed E-state index contributed by atoms with van der Waals surface area (Å²) in [6, 6.07) is 13.5. The van der Waals surface area contributed by atoms with Crippen molar-refractivity contribution < 1.29 is 4.79 Å². The second kappa shape index (κ2) is 11.4. The van der Waals surface area contributed by atoms with E-state index < -0.39 is 0 Å². The molecule has 1 amide bonds. The van der Waals surface area contributed by atoms with Crippen molar-refractivity contribution in [1.29, 1.82) is 0 Å². The minimum atomic E-state index is -0.186. The second-order valence-corrected chi connectivity index (χ2v) is 10.6. The van der Waals surface area contributed by atoms with Crippen LogP contribution in [0.3, 0.4) is 0 Å². The lowest BCUT2D eigenvalue weighted by Crippen LogP contribution is -2.14. The van der Waals surface area contributed by atoms with Gasteiger partial charge in [0.05, 0.1) is 16.5 Å². The van der Waals surface area contributed by atoms with Crippen LogP contribution in [0.2, 0.25) is 10.0 Å². The van der Waals surface area contributed by atoms with Crippen LogP contribution in [-0.4, -0.2) is 31.4 Å². The summed E-state index contributed by atoms with van der Waals surface area (Å²) in [5.41, 5.74) is 3.67. The van der Waals surface area contributed by atoms with Gasteiger partial charge in [0.15, 0.2) is 16.1 Å². The highest BCUT2D eigenvalue weighted by molar-refractivity contribution is 7.99. The molecule has 4 rings (SSSR count). The number of hydrogen-bond acceptors (Lipinski definition) is 6. The molecule has 0 aliphatic heterocycles. The van der Waals surface area contributed by atoms with Gasteiger partial charge in [-0.25, -0.2) is 4.98 Å². The highest BCUT2D eigenvalue weighted by Gasteiger charge is 2.16. The number of thioether (sulfide) groups is 1. The number of nitrogens with zero attached hydrogens (tertiary/aromatic N) is 4. The summed E-state index contributed by atoms with van der Waals surface area (Å²) in [7, 11) is 0. The van der Waals surface area contributed by atoms with Crippen LogP contribution >= 0.6 is 46.3 Å². The Balaban J connectivity index is 1.43. The first-order valence-electron chi connectivity index (χ1n) is 10.8. The molecule has 0 radical (unpaired) electrons. The summed E-state index contributed by atoms with van der Waals surface area (Å²) < 4.78 is 1.96. The zero-order chi connectivity index (χ0) is 24.9. The molecule has 2 aromatic carbocycles. The van der Waals surface area contributed by atoms with Crippen molar-refractivity contribution in [3.63, 3.8) is 0 Å². The molecule has 180 valence electrons. The minimum absolute atomic E-state index is 0.165. The smallest absolute Gasteiger partial charge is 0.236 e. The first-order valence-corrected chi connectivity index (χ1v) is 13.5. The first kappa shape index (κ1) is 25.4. The van der Waals surface area contributed by atoms with Gasteiger partial charge in [0.25, 0.3) is 0 Å². The fourth-order valence-corrected chi connectivity index (χ4v) is 5.34. The molecule has 0 unspecified atom stereocenters. The van der Waals surface area contributed by atoms with E-state index in [-0.39, 0.29) is 11.7 Å². The molecule has 0 aliphatic carbocycles. The number of amides is 1. The van der Waals surface area contributed by atoms with Gasteiger partial charge in [-0.3, -0.25) is 9.36 Å². The maximum absolute atomic E-state index is 12.6. The van der Waals surface area contributed by atoms with Crippen LogP contribution in [0, 0.1) is 0 Å². The van der Waals surface area contributed by atoms with Gasteiger partial charge < -0.3 is 5.32 Å². The average Bonchev–Trinajstić information content (AvgIpc) is 3.45. The number of rotatable bonds is 9. The summed E-state index contributed by atoms with van der Waals surface area (Å²) in [5.74, 6) is 1.18. The molecule has 2 aromatic heterocycles. The Morgan fingerprint density at radius 1 is 1.20 bits per heavy atom. The number of benzene rings is 2. The molecule has 4 aromatic rings. The average molecular weight is 545 g/mol. The largest absolute Gasteiger partial charge is 0.301 e. The molecule has 0 bridgehead atoms. The summed E-state index contributed by atoms with van der Waals surface area (Å²) >= 11 is 14.9. The van der Waals surface area contributed by atoms with Crippen LogP contribution in [0.15, 0.2) is 65.7 Å². The number of carbonyl (C=O) groups is 1. The van der Waals surface area contributed by atoms with Gasteiger partial charge in [0.2, 0.25) is 5.91 Å². The van der Waals surface area contributed by atoms with Crippen molar-refractivity contribution in [3.8, 4) is 22.6 Å². The molecule has 0 saturated carbocycles. The van der Waals surface area contributed by atoms with E-state index in [0.717, 1.165) is 17.0 Å². The summed E-state index contributed by atoms with van der Waals surface area (Å²) in [6.45, 7) is 8.71. The molecular formula is C25H23Cl2N5OS2. The molecule has 10 heteroatoms. The predicted molar refractivity (Wildman–Crippen MR) is 147 cm³/mol. The Morgan fingerprint density at radius 2 is 1.97 bits per heavy atom. The molecule has 6 nitrogen and oxygen atoms in total. The van der Waals surface area contributed by atoms with Gasteiger partial charge in [-0.1, -0.05) is 79.2 Å². The molecule has 0 spiro atoms. The first-order chi connectivity index (χ1) is 16.9. The van der Waals surface area contributed by atoms with Crippen LogP contribution in [-0.2, 0) is 11.3 Å². The molecule has 0 saturated heterocycles. The molecular weight excluding hydrogens is 521 g/mol. The van der Waals surface area contributed by atoms with Gasteiger partial charge in [0.1, 0.15) is 0 Å². The number of nitrogens with one attached hydrogen (secondary N) is 1. The molecule has 1 N–H and O–H groups in total. The number of anilines is 1. The van der Waals surface area contributed by atoms with E-state index in [2.05, 4.69) is 53.1 Å². The number of thiazole rings is 1. The Labute approximate surface area is 222 Å². The van der Waals surface area contributed by atoms with E-state index in [0.29, 0.717) is 38.5 Å². The molecule has 35 heavy (non-hydrogen) atoms. The Kier molecular flexibility index (Phi) is 8.28. The Hall–Kier alpha value is -2.65. The zero-order valence-electron chi connectivity index (χ0n) is 19.2. The Bertz CT molecular complexity index is 1350. The summed E-state index contributed by atoms with van der Waals surface area (Å²) in [6.07, 6.45) is 1.79. The topological polar surface area (TPSA) is 72.7 Å². The fraction of sp³-hybridized carbons (Fsp3) is 0.200. The third-order valence-corrected chi connectivity index (χ3v) is 7.43. The molecule has 0 aliphatic rings. The van der Waals surface area contributed by atoms with Crippen LogP contribution in [0.1, 0.15) is 25.3 Å². The summed E-state index contributed by atoms with van der Waals surface area (Å²) in [5, 5.41) is 15.6. The maximum atomic E-state index is 12.6. The zero-order valence-corrected chi connectivity index (χ0v) is 22.3. The van der Waals surface area contributed by atoms with Gasteiger partial charge in [-0.05, 0) is 29.7 Å². The van der Waals surface area contributed by atoms with Crippen molar-refractivity contribution in [1.82, 2.24) is 19.7 Å². The van der Waals surface area contributed by atoms with Crippen molar-refractivity contribution in [2.75, 3.05) is 11.1 Å². The highest BCUT2D eigenvalue weighted by Crippen LogP contribution is 2.32. The normalized spacial score (nSPS) is 11.1. The second-order valence-electron chi connectivity index (χ2n) is 7.98. The standard InChI is InChI=1S/C25H23Cl2N5OS2/c1-4-11-32-23(17-7-5-16(6-8-17)15(2)3)30-31-25(32)35-14-22(33)29-24-28-21(13-34-24)19-10-9-18(26)12-20(19)27/h4-10,12-13,15H,1,11,14H2,2-3H3,(H,28,29,33). The van der Waals surface area contributed by atoms with Gasteiger partial charge in [-0.15, -0.1) is 28.1 Å². The number of hydrogen-bond donors (Lipinski definition) is 1. The molecule has 2 heterocycles. The third kappa shape index (κ3) is 6.13. The molecule has 0 atom stereocenters. The van der Waals surface area contributed by atoms with Crippen molar-refractivity contribution in [2.24, 2.45) is 0 Å². The minimum Gasteiger partial charge on any atom is -0.301 e. The van der Waals surface area contributed by atoms with Crippen molar-refractivity contribution in [2.45, 2.75) is 31.5 Å². The third-order valence-electron chi connectivity index (χ3n) is 5.15. The van der Waals surface area contributed by atoms with E-state index in [1.165, 1.54) is 28.7 Å². The fourth-order valence-electron chi connectivity index (χ4n) is 3.36. The quantitative estimate of drug-likeness (QED) is 0.175. The van der Waals surface area contributed by atoms with E-state index in [9.17, 15) is 4.79 Å². The predicted octanol–water partition coefficient (Wildman–Crippen LogP) is 7.42. The lowest BCUT2D eigenvalue weighted by molar-refractivity contribution is -0.113. The maximum Gasteiger partial charge on any atom is 0.236 e. The van der Waals surface area contributed by atoms with E-state index >= 15 is 0 Å². The van der Waals surface area contributed by atoms with E-state index in [4.69, 9.17) is 23.2 Å². The number of aromatic nitrogens is 4. The van der Waals surface area contributed by atoms with Crippen LogP contribution in [0.25, 0.3) is 22.6 Å². The van der Waals surface area contributed by atoms with E-state index in [1.54, 1.807) is 18.2 Å². The SMILES string of the molecule is C=CCn1c(SCC(=O)Nc2nc(-c3ccc(Cl)cc3Cl)cs2)nnc1-c1ccc(C(C)C)cc1. The van der Waals surface area contributed by atoms with Crippen molar-refractivity contribution in [3.05, 3.63) is 76.1 Å². The summed E-state index contributed by atoms with van der Waals surface area (Å²) in [4.78, 5) is 17.1. The molecule has 0 fully saturated rings. The highest BCUT2D eigenvalue weighted by atomic mass is 35.5. The Morgan fingerprint density at radius 3 is 2.66 bits per heavy atom.